The first-order valence-corrected chi connectivity index (χ1v) is 6.12. The standard InChI is InChI=1S/C15H21N3/c1-5-12(10-16-3)7-8-14-9-15(17-4)18-11-13(14)6-2/h5-6,8-11,17H,7H2,1-4H3/b12-5-,13-6-,14-8-,16-10?. The molecule has 0 fully saturated rings. The fraction of sp³-hybridized carbons (Fsp3) is 0.333. The fourth-order valence-corrected chi connectivity index (χ4v) is 1.67. The fourth-order valence-electron chi connectivity index (χ4n) is 1.67. The van der Waals surface area contributed by atoms with E-state index in [1.54, 1.807) is 7.05 Å². The number of aromatic nitrogens is 1. The van der Waals surface area contributed by atoms with Crippen LogP contribution < -0.4 is 15.8 Å². The van der Waals surface area contributed by atoms with E-state index in [2.05, 4.69) is 39.6 Å². The number of rotatable bonds is 4. The Morgan fingerprint density at radius 3 is 2.72 bits per heavy atom. The smallest absolute Gasteiger partial charge is 0.126 e. The lowest BCUT2D eigenvalue weighted by molar-refractivity contribution is 1.23. The number of hydrogen-bond donors (Lipinski definition) is 1. The minimum absolute atomic E-state index is 0.877. The summed E-state index contributed by atoms with van der Waals surface area (Å²) in [5.41, 5.74) is 1.21. The van der Waals surface area contributed by atoms with Crippen molar-refractivity contribution in [1.82, 2.24) is 4.98 Å². The first-order chi connectivity index (χ1) is 8.74. The molecule has 18 heavy (non-hydrogen) atoms. The largest absolute Gasteiger partial charge is 0.373 e. The molecule has 0 radical (unpaired) electrons. The van der Waals surface area contributed by atoms with Crippen LogP contribution in [0.15, 0.2) is 28.9 Å². The SMILES string of the molecule is C/C=C(\C=NC)C/C=c1/cc(NC)nc/c1=C/C. The Balaban J connectivity index is 3.15. The van der Waals surface area contributed by atoms with E-state index in [0.29, 0.717) is 0 Å². The van der Waals surface area contributed by atoms with Crippen LogP contribution in [0.25, 0.3) is 12.2 Å². The second kappa shape index (κ2) is 7.43. The molecule has 1 N–H and O–H groups in total. The van der Waals surface area contributed by atoms with Crippen LogP contribution in [0.1, 0.15) is 20.3 Å². The van der Waals surface area contributed by atoms with Gasteiger partial charge in [0, 0.05) is 26.5 Å². The third kappa shape index (κ3) is 3.84. The highest BCUT2D eigenvalue weighted by atomic mass is 14.9. The van der Waals surface area contributed by atoms with Gasteiger partial charge in [-0.2, -0.15) is 0 Å². The van der Waals surface area contributed by atoms with Crippen molar-refractivity contribution in [3.05, 3.63) is 34.3 Å². The van der Waals surface area contributed by atoms with Gasteiger partial charge in [0.25, 0.3) is 0 Å². The molecule has 0 bridgehead atoms. The molecule has 0 unspecified atom stereocenters. The number of pyridine rings is 1. The monoisotopic (exact) mass is 243 g/mol. The Morgan fingerprint density at radius 1 is 1.39 bits per heavy atom. The van der Waals surface area contributed by atoms with Gasteiger partial charge in [0.1, 0.15) is 5.82 Å². The van der Waals surface area contributed by atoms with E-state index in [0.717, 1.165) is 17.5 Å². The molecule has 0 aliphatic heterocycles. The van der Waals surface area contributed by atoms with Gasteiger partial charge in [0.15, 0.2) is 0 Å². The molecule has 0 spiro atoms. The van der Waals surface area contributed by atoms with E-state index >= 15 is 0 Å². The van der Waals surface area contributed by atoms with Crippen molar-refractivity contribution in [1.29, 1.82) is 0 Å². The molecule has 0 aromatic carbocycles. The number of allylic oxidation sites excluding steroid dienone is 2. The number of anilines is 1. The molecule has 1 rings (SSSR count). The third-order valence-corrected chi connectivity index (χ3v) is 2.76. The van der Waals surface area contributed by atoms with Crippen molar-refractivity contribution < 1.29 is 0 Å². The molecule has 96 valence electrons. The summed E-state index contributed by atoms with van der Waals surface area (Å²) in [6.07, 6.45) is 11.0. The van der Waals surface area contributed by atoms with Crippen LogP contribution in [0.3, 0.4) is 0 Å². The Bertz CT molecular complexity index is 554. The topological polar surface area (TPSA) is 37.3 Å². The van der Waals surface area contributed by atoms with E-state index in [9.17, 15) is 0 Å². The number of aliphatic imine (C=N–C) groups is 1. The van der Waals surface area contributed by atoms with E-state index in [1.807, 2.05) is 33.3 Å². The maximum atomic E-state index is 4.31. The van der Waals surface area contributed by atoms with Crippen LogP contribution >= 0.6 is 0 Å². The predicted octanol–water partition coefficient (Wildman–Crippen LogP) is 1.74. The summed E-state index contributed by atoms with van der Waals surface area (Å²) in [6, 6.07) is 2.06. The molecule has 0 amide bonds. The van der Waals surface area contributed by atoms with Crippen molar-refractivity contribution in [3.63, 3.8) is 0 Å². The molecule has 3 heteroatoms. The van der Waals surface area contributed by atoms with Crippen molar-refractivity contribution in [3.8, 4) is 0 Å². The van der Waals surface area contributed by atoms with Gasteiger partial charge in [-0.3, -0.25) is 4.99 Å². The van der Waals surface area contributed by atoms with Crippen LogP contribution in [0.5, 0.6) is 0 Å². The highest BCUT2D eigenvalue weighted by molar-refractivity contribution is 5.79. The van der Waals surface area contributed by atoms with Gasteiger partial charge in [0.05, 0.1) is 0 Å². The van der Waals surface area contributed by atoms with E-state index in [4.69, 9.17) is 0 Å². The minimum atomic E-state index is 0.877. The number of nitrogens with one attached hydrogen (secondary N) is 1. The second-order valence-corrected chi connectivity index (χ2v) is 3.90. The minimum Gasteiger partial charge on any atom is -0.373 e. The average Bonchev–Trinajstić information content (AvgIpc) is 2.43. The molecular weight excluding hydrogens is 222 g/mol. The summed E-state index contributed by atoms with van der Waals surface area (Å²) in [5.74, 6) is 0.887. The van der Waals surface area contributed by atoms with E-state index < -0.39 is 0 Å². The summed E-state index contributed by atoms with van der Waals surface area (Å²) in [7, 11) is 3.67. The van der Waals surface area contributed by atoms with Gasteiger partial charge < -0.3 is 5.32 Å². The molecule has 0 saturated carbocycles. The zero-order valence-electron chi connectivity index (χ0n) is 11.6. The van der Waals surface area contributed by atoms with Gasteiger partial charge in [-0.1, -0.05) is 18.2 Å². The molecule has 1 aromatic rings. The first kappa shape index (κ1) is 14.2. The summed E-state index contributed by atoms with van der Waals surface area (Å²) < 4.78 is 0. The number of hydrogen-bond acceptors (Lipinski definition) is 3. The Hall–Kier alpha value is -1.90. The van der Waals surface area contributed by atoms with Crippen molar-refractivity contribution in [2.75, 3.05) is 19.4 Å². The average molecular weight is 243 g/mol. The highest BCUT2D eigenvalue weighted by Gasteiger charge is 1.93. The van der Waals surface area contributed by atoms with Crippen molar-refractivity contribution >= 4 is 24.2 Å². The van der Waals surface area contributed by atoms with Crippen LogP contribution in [-0.4, -0.2) is 25.3 Å². The summed E-state index contributed by atoms with van der Waals surface area (Å²) in [5, 5.41) is 5.41. The zero-order chi connectivity index (χ0) is 13.4. The van der Waals surface area contributed by atoms with Crippen LogP contribution in [0.2, 0.25) is 0 Å². The highest BCUT2D eigenvalue weighted by Crippen LogP contribution is 1.99. The predicted molar refractivity (Wildman–Crippen MR) is 80.4 cm³/mol. The molecule has 1 heterocycles. The molecule has 0 aliphatic carbocycles. The Kier molecular flexibility index (Phi) is 5.85. The maximum Gasteiger partial charge on any atom is 0.126 e. The summed E-state index contributed by atoms with van der Waals surface area (Å²) in [6.45, 7) is 4.06. The first-order valence-electron chi connectivity index (χ1n) is 6.12. The van der Waals surface area contributed by atoms with Gasteiger partial charge in [-0.05, 0) is 42.3 Å². The van der Waals surface area contributed by atoms with Crippen molar-refractivity contribution in [2.24, 2.45) is 4.99 Å². The van der Waals surface area contributed by atoms with Crippen molar-refractivity contribution in [2.45, 2.75) is 20.3 Å². The zero-order valence-corrected chi connectivity index (χ0v) is 11.6. The second-order valence-electron chi connectivity index (χ2n) is 3.90. The third-order valence-electron chi connectivity index (χ3n) is 2.76. The molecule has 0 saturated heterocycles. The normalized spacial score (nSPS) is 14.6. The van der Waals surface area contributed by atoms with Gasteiger partial charge >= 0.3 is 0 Å². The molecule has 0 atom stereocenters. The number of nitrogens with zero attached hydrogens (tertiary/aromatic N) is 2. The van der Waals surface area contributed by atoms with Gasteiger partial charge in [-0.25, -0.2) is 4.98 Å². The lowest BCUT2D eigenvalue weighted by atomic mass is 10.1. The summed E-state index contributed by atoms with van der Waals surface area (Å²) in [4.78, 5) is 8.36. The molecule has 3 nitrogen and oxygen atoms in total. The molecule has 0 aliphatic rings. The lowest BCUT2D eigenvalue weighted by Crippen LogP contribution is -2.25. The van der Waals surface area contributed by atoms with Crippen LogP contribution in [-0.2, 0) is 0 Å². The lowest BCUT2D eigenvalue weighted by Gasteiger charge is -1.99. The Labute approximate surface area is 109 Å². The quantitative estimate of drug-likeness (QED) is 0.818. The maximum absolute atomic E-state index is 4.31. The molecule has 1 aromatic heterocycles. The van der Waals surface area contributed by atoms with E-state index in [-0.39, 0.29) is 0 Å². The summed E-state index contributed by atoms with van der Waals surface area (Å²) >= 11 is 0. The van der Waals surface area contributed by atoms with Gasteiger partial charge in [-0.15, -0.1) is 0 Å². The van der Waals surface area contributed by atoms with Gasteiger partial charge in [0.2, 0.25) is 0 Å². The van der Waals surface area contributed by atoms with E-state index in [1.165, 1.54) is 10.8 Å². The van der Waals surface area contributed by atoms with Crippen LogP contribution in [0.4, 0.5) is 5.82 Å². The van der Waals surface area contributed by atoms with Crippen LogP contribution in [0, 0.1) is 0 Å². The Morgan fingerprint density at radius 2 is 2.17 bits per heavy atom. The molecular formula is C15H21N3.